The van der Waals surface area contributed by atoms with E-state index in [0.717, 1.165) is 47.9 Å². The maximum absolute atomic E-state index is 12.7. The molecule has 1 aliphatic heterocycles. The molecular weight excluding hydrogens is 354 g/mol. The molecule has 1 fully saturated rings. The number of aryl methyl sites for hydroxylation is 2. The summed E-state index contributed by atoms with van der Waals surface area (Å²) in [5.41, 5.74) is 1.16. The van der Waals surface area contributed by atoms with Crippen LogP contribution in [0.3, 0.4) is 0 Å². The molecule has 132 valence electrons. The fraction of sp³-hybridized carbons (Fsp3) is 0.500. The molecule has 2 amide bonds. The summed E-state index contributed by atoms with van der Waals surface area (Å²) in [5.74, 6) is -0.120. The van der Waals surface area contributed by atoms with E-state index in [1.54, 1.807) is 11.3 Å². The van der Waals surface area contributed by atoms with Crippen molar-refractivity contribution in [2.75, 3.05) is 18.4 Å². The molecule has 7 heteroatoms. The quantitative estimate of drug-likeness (QED) is 0.892. The summed E-state index contributed by atoms with van der Waals surface area (Å²) in [4.78, 5) is 33.6. The van der Waals surface area contributed by atoms with E-state index in [2.05, 4.69) is 10.3 Å². The molecule has 1 unspecified atom stereocenters. The Kier molecular flexibility index (Phi) is 4.85. The van der Waals surface area contributed by atoms with Crippen LogP contribution in [0.4, 0.5) is 5.13 Å². The number of thiophene rings is 1. The van der Waals surface area contributed by atoms with Crippen LogP contribution in [0.25, 0.3) is 0 Å². The van der Waals surface area contributed by atoms with Crippen molar-refractivity contribution in [2.24, 2.45) is 5.92 Å². The molecule has 2 aliphatic rings. The number of nitrogens with zero attached hydrogens (tertiary/aromatic N) is 2. The Morgan fingerprint density at radius 1 is 1.24 bits per heavy atom. The number of carbonyl (C=O) groups excluding carboxylic acids is 2. The van der Waals surface area contributed by atoms with Crippen LogP contribution in [0.2, 0.25) is 0 Å². The van der Waals surface area contributed by atoms with Gasteiger partial charge in [-0.25, -0.2) is 4.98 Å². The first kappa shape index (κ1) is 16.7. The molecule has 1 aliphatic carbocycles. The number of hydrogen-bond donors (Lipinski definition) is 1. The Labute approximate surface area is 155 Å². The summed E-state index contributed by atoms with van der Waals surface area (Å²) in [5, 5.41) is 5.63. The first-order valence-electron chi connectivity index (χ1n) is 8.83. The number of likely N-dealkylation sites (tertiary alicyclic amines) is 1. The maximum Gasteiger partial charge on any atom is 0.263 e. The number of anilines is 1. The highest BCUT2D eigenvalue weighted by molar-refractivity contribution is 7.15. The lowest BCUT2D eigenvalue weighted by Crippen LogP contribution is -2.43. The van der Waals surface area contributed by atoms with E-state index in [1.165, 1.54) is 29.1 Å². The van der Waals surface area contributed by atoms with Gasteiger partial charge in [0.15, 0.2) is 5.13 Å². The molecule has 0 saturated carbocycles. The lowest BCUT2D eigenvalue weighted by molar-refractivity contribution is -0.121. The molecule has 0 bridgehead atoms. The highest BCUT2D eigenvalue weighted by Crippen LogP contribution is 2.30. The lowest BCUT2D eigenvalue weighted by Gasteiger charge is -2.31. The van der Waals surface area contributed by atoms with Crippen molar-refractivity contribution in [1.82, 2.24) is 9.88 Å². The number of carbonyl (C=O) groups is 2. The average Bonchev–Trinajstić information content (AvgIpc) is 3.30. The van der Waals surface area contributed by atoms with E-state index in [-0.39, 0.29) is 17.7 Å². The highest BCUT2D eigenvalue weighted by Gasteiger charge is 2.30. The van der Waals surface area contributed by atoms with Gasteiger partial charge < -0.3 is 10.2 Å². The number of hydrogen-bond acceptors (Lipinski definition) is 5. The number of fused-ring (bicyclic) bond motifs is 1. The molecule has 0 radical (unpaired) electrons. The third-order valence-corrected chi connectivity index (χ3v) is 6.82. The smallest absolute Gasteiger partial charge is 0.263 e. The minimum atomic E-state index is -0.154. The number of rotatable bonds is 3. The average molecular weight is 376 g/mol. The number of nitrogens with one attached hydrogen (secondary N) is 1. The van der Waals surface area contributed by atoms with Gasteiger partial charge in [-0.1, -0.05) is 6.07 Å². The summed E-state index contributed by atoms with van der Waals surface area (Å²) in [6, 6.07) is 3.73. The van der Waals surface area contributed by atoms with E-state index in [9.17, 15) is 9.59 Å². The summed E-state index contributed by atoms with van der Waals surface area (Å²) in [7, 11) is 0. The Morgan fingerprint density at radius 3 is 2.92 bits per heavy atom. The first-order chi connectivity index (χ1) is 12.2. The second kappa shape index (κ2) is 7.25. The standard InChI is InChI=1S/C18H21N3O2S2/c22-16(20-18-19-13-6-1-2-7-14(13)25-18)12-5-3-9-21(11-12)17(23)15-8-4-10-24-15/h4,8,10,12H,1-3,5-7,9,11H2,(H,19,20,22). The summed E-state index contributed by atoms with van der Waals surface area (Å²) in [6.07, 6.45) is 6.19. The van der Waals surface area contributed by atoms with E-state index in [4.69, 9.17) is 0 Å². The lowest BCUT2D eigenvalue weighted by atomic mass is 9.97. The number of thiazole rings is 1. The van der Waals surface area contributed by atoms with Gasteiger partial charge in [0, 0.05) is 18.0 Å². The normalized spacial score (nSPS) is 20.2. The summed E-state index contributed by atoms with van der Waals surface area (Å²) in [6.45, 7) is 1.22. The molecule has 4 rings (SSSR count). The van der Waals surface area contributed by atoms with Crippen LogP contribution in [0.5, 0.6) is 0 Å². The van der Waals surface area contributed by atoms with Crippen molar-refractivity contribution in [2.45, 2.75) is 38.5 Å². The van der Waals surface area contributed by atoms with E-state index in [1.807, 2.05) is 22.4 Å². The zero-order valence-electron chi connectivity index (χ0n) is 14.0. The number of amides is 2. The van der Waals surface area contributed by atoms with Crippen LogP contribution >= 0.6 is 22.7 Å². The van der Waals surface area contributed by atoms with Gasteiger partial charge in [-0.15, -0.1) is 22.7 Å². The highest BCUT2D eigenvalue weighted by atomic mass is 32.1. The Balaban J connectivity index is 1.40. The third-order valence-electron chi connectivity index (χ3n) is 4.89. The first-order valence-corrected chi connectivity index (χ1v) is 10.5. The largest absolute Gasteiger partial charge is 0.337 e. The molecule has 2 aromatic rings. The minimum Gasteiger partial charge on any atom is -0.337 e. The Hall–Kier alpha value is -1.73. The minimum absolute atomic E-state index is 0.00484. The van der Waals surface area contributed by atoms with Crippen molar-refractivity contribution in [3.05, 3.63) is 33.0 Å². The topological polar surface area (TPSA) is 62.3 Å². The van der Waals surface area contributed by atoms with Crippen LogP contribution in [0.1, 0.15) is 45.9 Å². The van der Waals surface area contributed by atoms with Gasteiger partial charge in [0.25, 0.3) is 5.91 Å². The maximum atomic E-state index is 12.7. The van der Waals surface area contributed by atoms with Crippen LogP contribution in [-0.4, -0.2) is 34.8 Å². The molecule has 1 saturated heterocycles. The molecule has 3 heterocycles. The van der Waals surface area contributed by atoms with Crippen molar-refractivity contribution >= 4 is 39.6 Å². The van der Waals surface area contributed by atoms with Gasteiger partial charge >= 0.3 is 0 Å². The molecule has 1 N–H and O–H groups in total. The van der Waals surface area contributed by atoms with Crippen molar-refractivity contribution in [3.8, 4) is 0 Å². The molecular formula is C18H21N3O2S2. The Bertz CT molecular complexity index is 746. The van der Waals surface area contributed by atoms with Gasteiger partial charge in [0.05, 0.1) is 16.5 Å². The molecule has 0 spiro atoms. The monoisotopic (exact) mass is 375 g/mol. The summed E-state index contributed by atoms with van der Waals surface area (Å²) < 4.78 is 0. The Morgan fingerprint density at radius 2 is 2.12 bits per heavy atom. The molecule has 1 atom stereocenters. The number of piperidine rings is 1. The predicted molar refractivity (Wildman–Crippen MR) is 100 cm³/mol. The van der Waals surface area contributed by atoms with E-state index >= 15 is 0 Å². The second-order valence-corrected chi connectivity index (χ2v) is 8.68. The molecule has 5 nitrogen and oxygen atoms in total. The van der Waals surface area contributed by atoms with Gasteiger partial charge in [-0.3, -0.25) is 9.59 Å². The molecule has 25 heavy (non-hydrogen) atoms. The van der Waals surface area contributed by atoms with Crippen LogP contribution < -0.4 is 5.32 Å². The van der Waals surface area contributed by atoms with Gasteiger partial charge in [-0.2, -0.15) is 0 Å². The zero-order valence-corrected chi connectivity index (χ0v) is 15.6. The van der Waals surface area contributed by atoms with Crippen LogP contribution in [0, 0.1) is 5.92 Å². The third kappa shape index (κ3) is 3.62. The van der Waals surface area contributed by atoms with Crippen molar-refractivity contribution in [3.63, 3.8) is 0 Å². The van der Waals surface area contributed by atoms with Crippen molar-refractivity contribution < 1.29 is 9.59 Å². The van der Waals surface area contributed by atoms with Gasteiger partial charge in [-0.05, 0) is 50.0 Å². The fourth-order valence-corrected chi connectivity index (χ4v) is 5.29. The predicted octanol–water partition coefficient (Wildman–Crippen LogP) is 3.57. The number of aromatic nitrogens is 1. The SMILES string of the molecule is O=C(Nc1nc2c(s1)CCCC2)C1CCCN(C(=O)c2cccs2)C1. The second-order valence-electron chi connectivity index (χ2n) is 6.65. The van der Waals surface area contributed by atoms with Crippen LogP contribution in [0.15, 0.2) is 17.5 Å². The van der Waals surface area contributed by atoms with Crippen molar-refractivity contribution in [1.29, 1.82) is 0 Å². The zero-order chi connectivity index (χ0) is 17.2. The molecule has 0 aromatic carbocycles. The fourth-order valence-electron chi connectivity index (χ4n) is 3.54. The van der Waals surface area contributed by atoms with E-state index in [0.29, 0.717) is 6.54 Å². The van der Waals surface area contributed by atoms with E-state index < -0.39 is 0 Å². The molecule has 2 aromatic heterocycles. The van der Waals surface area contributed by atoms with Gasteiger partial charge in [0.2, 0.25) is 5.91 Å². The summed E-state index contributed by atoms with van der Waals surface area (Å²) >= 11 is 3.06. The van der Waals surface area contributed by atoms with Gasteiger partial charge in [0.1, 0.15) is 0 Å². The van der Waals surface area contributed by atoms with Crippen LogP contribution in [-0.2, 0) is 17.6 Å².